The van der Waals surface area contributed by atoms with Gasteiger partial charge >= 0.3 is 10.5 Å². The number of amides is 1. The van der Waals surface area contributed by atoms with E-state index >= 15 is 0 Å². The van der Waals surface area contributed by atoms with Crippen LogP contribution in [0.2, 0.25) is 0 Å². The van der Waals surface area contributed by atoms with E-state index in [4.69, 9.17) is 0 Å². The smallest absolute Gasteiger partial charge is 0.272 e. The van der Waals surface area contributed by atoms with Crippen LogP contribution >= 0.6 is 0 Å². The van der Waals surface area contributed by atoms with Crippen molar-refractivity contribution in [2.45, 2.75) is 6.92 Å². The van der Waals surface area contributed by atoms with Gasteiger partial charge < -0.3 is 0 Å². The highest BCUT2D eigenvalue weighted by Crippen LogP contribution is 1.91. The Morgan fingerprint density at radius 2 is 1.79 bits per heavy atom. The quantitative estimate of drug-likeness (QED) is 0.660. The Kier molecular flexibility index (Phi) is 6.13. The minimum atomic E-state index is -2.57. The third kappa shape index (κ3) is 8.54. The molecule has 6 heteroatoms. The molecule has 0 radical (unpaired) electrons. The van der Waals surface area contributed by atoms with Crippen LogP contribution in [0.3, 0.4) is 0 Å². The van der Waals surface area contributed by atoms with Crippen LogP contribution in [0.1, 0.15) is 6.92 Å². The van der Waals surface area contributed by atoms with Gasteiger partial charge in [0, 0.05) is 6.92 Å². The summed E-state index contributed by atoms with van der Waals surface area (Å²) in [7, 11) is -2.57. The zero-order valence-corrected chi connectivity index (χ0v) is 8.16. The van der Waals surface area contributed by atoms with Crippen molar-refractivity contribution in [1.29, 1.82) is 0 Å². The first-order valence-electron chi connectivity index (χ1n) is 3.54. The van der Waals surface area contributed by atoms with Crippen LogP contribution < -0.4 is 0 Å². The van der Waals surface area contributed by atoms with E-state index in [2.05, 4.69) is 4.36 Å². The minimum Gasteiger partial charge on any atom is -0.272 e. The van der Waals surface area contributed by atoms with Crippen molar-refractivity contribution in [1.82, 2.24) is 0 Å². The fourth-order valence-electron chi connectivity index (χ4n) is 0.520. The Balaban J connectivity index is 0.000000241. The van der Waals surface area contributed by atoms with Crippen molar-refractivity contribution in [3.63, 3.8) is 0 Å². The lowest BCUT2D eigenvalue weighted by atomic mass is 10.4. The second-order valence-electron chi connectivity index (χ2n) is 2.12. The molecular weight excluding hydrogens is 209 g/mol. The summed E-state index contributed by atoms with van der Waals surface area (Å²) in [4.78, 5) is 9.69. The molecule has 0 aromatic heterocycles. The first kappa shape index (κ1) is 12.4. The molecule has 0 N–H and O–H groups in total. The Morgan fingerprint density at radius 1 is 1.29 bits per heavy atom. The summed E-state index contributed by atoms with van der Waals surface area (Å²) >= 11 is 0. The lowest BCUT2D eigenvalue weighted by Crippen LogP contribution is -1.77. The van der Waals surface area contributed by atoms with Crippen molar-refractivity contribution >= 4 is 16.4 Å². The first-order chi connectivity index (χ1) is 6.52. The summed E-state index contributed by atoms with van der Waals surface area (Å²) in [5, 5.41) is 0. The summed E-state index contributed by atoms with van der Waals surface area (Å²) in [6, 6.07) is 7.94. The van der Waals surface area contributed by atoms with Crippen LogP contribution in [0.5, 0.6) is 0 Å². The lowest BCUT2D eigenvalue weighted by Gasteiger charge is -1.78. The summed E-state index contributed by atoms with van der Waals surface area (Å²) < 4.78 is 33.3. The fraction of sp³-hybridized carbons (Fsp3) is 0.125. The molecule has 0 spiro atoms. The summed E-state index contributed by atoms with van der Waals surface area (Å²) in [6.45, 7) is 1.07. The maximum absolute atomic E-state index is 11.9. The zero-order chi connectivity index (χ0) is 11.0. The van der Waals surface area contributed by atoms with Gasteiger partial charge in [-0.2, -0.15) is 8.42 Å². The number of nitrogens with zero attached hydrogens (tertiary/aromatic N) is 1. The van der Waals surface area contributed by atoms with E-state index in [-0.39, 0.29) is 5.82 Å². The Bertz CT molecular complexity index is 405. The van der Waals surface area contributed by atoms with Crippen LogP contribution in [0.25, 0.3) is 0 Å². The van der Waals surface area contributed by atoms with Gasteiger partial charge in [-0.3, -0.25) is 4.79 Å². The van der Waals surface area contributed by atoms with E-state index < -0.39 is 16.4 Å². The van der Waals surface area contributed by atoms with Gasteiger partial charge in [-0.25, -0.2) is 4.39 Å². The number of carbonyl (C=O) groups is 1. The average molecular weight is 217 g/mol. The Hall–Kier alpha value is -1.56. The monoisotopic (exact) mass is 217 g/mol. The van der Waals surface area contributed by atoms with Crippen molar-refractivity contribution in [2.75, 3.05) is 0 Å². The second kappa shape index (κ2) is 6.90. The molecule has 0 fully saturated rings. The van der Waals surface area contributed by atoms with E-state index in [1.165, 1.54) is 12.1 Å². The molecule has 0 bridgehead atoms. The fourth-order valence-corrected chi connectivity index (χ4v) is 0.730. The number of hydrogen-bond donors (Lipinski definition) is 0. The third-order valence-corrected chi connectivity index (χ3v) is 1.34. The number of rotatable bonds is 0. The van der Waals surface area contributed by atoms with E-state index in [9.17, 15) is 17.6 Å². The molecule has 0 saturated heterocycles. The minimum absolute atomic E-state index is 0.178. The van der Waals surface area contributed by atoms with Crippen LogP contribution in [0.15, 0.2) is 34.7 Å². The molecule has 1 amide bonds. The maximum Gasteiger partial charge on any atom is 0.319 e. The van der Waals surface area contributed by atoms with Gasteiger partial charge in [0.1, 0.15) is 5.82 Å². The predicted molar refractivity (Wildman–Crippen MR) is 48.4 cm³/mol. The topological polar surface area (TPSA) is 63.6 Å². The molecule has 1 aromatic rings. The molecule has 0 aliphatic heterocycles. The van der Waals surface area contributed by atoms with Gasteiger partial charge in [-0.05, 0) is 12.1 Å². The molecule has 0 unspecified atom stereocenters. The summed E-state index contributed by atoms with van der Waals surface area (Å²) in [5.41, 5.74) is 0. The lowest BCUT2D eigenvalue weighted by molar-refractivity contribution is -0.115. The highest BCUT2D eigenvalue weighted by atomic mass is 32.2. The number of benzene rings is 1. The highest BCUT2D eigenvalue weighted by molar-refractivity contribution is 7.62. The third-order valence-electron chi connectivity index (χ3n) is 0.936. The van der Waals surface area contributed by atoms with Crippen molar-refractivity contribution in [2.24, 2.45) is 4.36 Å². The molecule has 0 aliphatic carbocycles. The molecule has 0 aliphatic rings. The molecule has 1 rings (SSSR count). The molecule has 14 heavy (non-hydrogen) atoms. The Labute approximate surface area is 82.1 Å². The maximum atomic E-state index is 11.9. The van der Waals surface area contributed by atoms with Crippen molar-refractivity contribution < 1.29 is 17.6 Å². The number of carbonyl (C=O) groups excluding carboxylic acids is 1. The van der Waals surface area contributed by atoms with Crippen LogP contribution in [0, 0.1) is 5.82 Å². The number of hydrogen-bond acceptors (Lipinski definition) is 3. The van der Waals surface area contributed by atoms with Crippen LogP contribution in [-0.2, 0) is 15.3 Å². The average Bonchev–Trinajstić information content (AvgIpc) is 2.03. The molecular formula is C8H8FNO3S. The van der Waals surface area contributed by atoms with Gasteiger partial charge in [0.25, 0.3) is 5.91 Å². The van der Waals surface area contributed by atoms with Crippen LogP contribution in [0.4, 0.5) is 4.39 Å². The molecule has 0 saturated carbocycles. The summed E-state index contributed by atoms with van der Waals surface area (Å²) in [5.74, 6) is -0.879. The van der Waals surface area contributed by atoms with Gasteiger partial charge in [0.15, 0.2) is 0 Å². The summed E-state index contributed by atoms with van der Waals surface area (Å²) in [6.07, 6.45) is 0. The van der Waals surface area contributed by atoms with Gasteiger partial charge in [0.2, 0.25) is 0 Å². The molecule has 1 aromatic carbocycles. The van der Waals surface area contributed by atoms with E-state index in [0.29, 0.717) is 0 Å². The van der Waals surface area contributed by atoms with Crippen molar-refractivity contribution in [3.8, 4) is 0 Å². The van der Waals surface area contributed by atoms with Crippen molar-refractivity contribution in [3.05, 3.63) is 36.1 Å². The van der Waals surface area contributed by atoms with E-state index in [0.717, 1.165) is 6.92 Å². The molecule has 76 valence electrons. The normalized spacial score (nSPS) is 8.14. The van der Waals surface area contributed by atoms with E-state index in [1.807, 2.05) is 0 Å². The number of halogens is 1. The zero-order valence-electron chi connectivity index (χ0n) is 7.34. The molecule has 4 nitrogen and oxygen atoms in total. The van der Waals surface area contributed by atoms with Gasteiger partial charge in [-0.15, -0.1) is 0 Å². The van der Waals surface area contributed by atoms with Crippen LogP contribution in [-0.4, -0.2) is 14.3 Å². The molecule has 0 heterocycles. The standard InChI is InChI=1S/C6H5F.C2H3NO3S/c7-6-4-2-1-3-5-6;1-2(4)3-7(5)6/h1-5H;1H3. The van der Waals surface area contributed by atoms with E-state index in [1.54, 1.807) is 18.2 Å². The SMILES string of the molecule is CC(=O)N=S(=O)=O.Fc1ccccc1. The van der Waals surface area contributed by atoms with Gasteiger partial charge in [-0.1, -0.05) is 22.6 Å². The largest absolute Gasteiger partial charge is 0.319 e. The molecule has 0 atom stereocenters. The Morgan fingerprint density at radius 3 is 1.93 bits per heavy atom. The first-order valence-corrected chi connectivity index (χ1v) is 4.58. The second-order valence-corrected chi connectivity index (χ2v) is 2.74. The highest BCUT2D eigenvalue weighted by Gasteiger charge is 1.80. The predicted octanol–water partition coefficient (Wildman–Crippen LogP) is 1.42. The van der Waals surface area contributed by atoms with Gasteiger partial charge in [0.05, 0.1) is 0 Å².